The van der Waals surface area contributed by atoms with Gasteiger partial charge in [0, 0.05) is 25.8 Å². The van der Waals surface area contributed by atoms with Crippen molar-refractivity contribution in [1.29, 1.82) is 0 Å². The van der Waals surface area contributed by atoms with Crippen LogP contribution >= 0.6 is 11.3 Å². The highest BCUT2D eigenvalue weighted by atomic mass is 32.1. The van der Waals surface area contributed by atoms with Crippen molar-refractivity contribution in [3.8, 4) is 0 Å². The molecule has 0 unspecified atom stereocenters. The Morgan fingerprint density at radius 1 is 1.13 bits per heavy atom. The van der Waals surface area contributed by atoms with Gasteiger partial charge < -0.3 is 4.90 Å². The molecule has 0 saturated heterocycles. The predicted molar refractivity (Wildman–Crippen MR) is 96.0 cm³/mol. The Kier molecular flexibility index (Phi) is 4.08. The zero-order chi connectivity index (χ0) is 16.4. The van der Waals surface area contributed by atoms with Crippen molar-refractivity contribution >= 4 is 45.1 Å². The predicted octanol–water partition coefficient (Wildman–Crippen LogP) is 4.44. The van der Waals surface area contributed by atoms with E-state index < -0.39 is 4.92 Å². The van der Waals surface area contributed by atoms with Crippen LogP contribution in [0.25, 0.3) is 22.4 Å². The van der Waals surface area contributed by atoms with E-state index in [9.17, 15) is 10.1 Å². The molecule has 0 N–H and O–H groups in total. The number of anilines is 1. The summed E-state index contributed by atoms with van der Waals surface area (Å²) < 4.78 is 0.821. The van der Waals surface area contributed by atoms with Crippen molar-refractivity contribution in [3.63, 3.8) is 0 Å². The number of hydrogen-bond acceptors (Lipinski definition) is 5. The summed E-state index contributed by atoms with van der Waals surface area (Å²) in [5.41, 5.74) is 2.70. The minimum Gasteiger partial charge on any atom is -0.378 e. The molecule has 1 aromatic heterocycles. The summed E-state index contributed by atoms with van der Waals surface area (Å²) >= 11 is 1.45. The minimum atomic E-state index is -0.393. The topological polar surface area (TPSA) is 59.3 Å². The largest absolute Gasteiger partial charge is 0.378 e. The van der Waals surface area contributed by atoms with E-state index in [1.807, 2.05) is 61.5 Å². The number of non-ortho nitro benzene ring substituents is 1. The van der Waals surface area contributed by atoms with Crippen molar-refractivity contribution in [2.75, 3.05) is 19.0 Å². The van der Waals surface area contributed by atoms with E-state index in [0.29, 0.717) is 5.52 Å². The molecule has 0 saturated carbocycles. The van der Waals surface area contributed by atoms with Crippen LogP contribution in [0.1, 0.15) is 10.6 Å². The number of nitro groups is 1. The molecule has 116 valence electrons. The van der Waals surface area contributed by atoms with Crippen molar-refractivity contribution < 1.29 is 4.92 Å². The second-order valence-electron chi connectivity index (χ2n) is 5.25. The highest BCUT2D eigenvalue weighted by Crippen LogP contribution is 2.30. The van der Waals surface area contributed by atoms with Crippen LogP contribution in [0.4, 0.5) is 11.4 Å². The molecule has 3 aromatic rings. The number of nitro benzene ring substituents is 1. The van der Waals surface area contributed by atoms with Gasteiger partial charge >= 0.3 is 0 Å². The lowest BCUT2D eigenvalue weighted by molar-refractivity contribution is -0.383. The number of para-hydroxylation sites is 1. The van der Waals surface area contributed by atoms with Gasteiger partial charge in [0.15, 0.2) is 5.52 Å². The zero-order valence-corrected chi connectivity index (χ0v) is 13.6. The van der Waals surface area contributed by atoms with E-state index in [1.54, 1.807) is 6.07 Å². The average molecular weight is 325 g/mol. The first-order valence-corrected chi connectivity index (χ1v) is 7.85. The van der Waals surface area contributed by atoms with Crippen molar-refractivity contribution in [2.45, 2.75) is 0 Å². The molecule has 0 aliphatic carbocycles. The molecule has 0 spiro atoms. The van der Waals surface area contributed by atoms with E-state index in [0.717, 1.165) is 21.0 Å². The Balaban J connectivity index is 1.89. The highest BCUT2D eigenvalue weighted by molar-refractivity contribution is 7.19. The standard InChI is InChI=1S/C17H15N3O2S/c1-19(2)13-9-6-12(7-10-13)8-11-16-18-17-14(20(21)22)4-3-5-15(17)23-16/h3-11H,1-2H3. The van der Waals surface area contributed by atoms with Crippen LogP contribution in [-0.4, -0.2) is 24.0 Å². The molecule has 0 amide bonds. The highest BCUT2D eigenvalue weighted by Gasteiger charge is 2.14. The molecular formula is C17H15N3O2S. The van der Waals surface area contributed by atoms with E-state index >= 15 is 0 Å². The Bertz CT molecular complexity index is 882. The van der Waals surface area contributed by atoms with Crippen LogP contribution in [-0.2, 0) is 0 Å². The van der Waals surface area contributed by atoms with E-state index in [1.165, 1.54) is 17.4 Å². The quantitative estimate of drug-likeness (QED) is 0.525. The lowest BCUT2D eigenvalue weighted by atomic mass is 10.2. The van der Waals surface area contributed by atoms with Crippen LogP contribution in [0.3, 0.4) is 0 Å². The van der Waals surface area contributed by atoms with Gasteiger partial charge in [-0.2, -0.15) is 0 Å². The summed E-state index contributed by atoms with van der Waals surface area (Å²) in [6.45, 7) is 0. The summed E-state index contributed by atoms with van der Waals surface area (Å²) in [5.74, 6) is 0. The fourth-order valence-corrected chi connectivity index (χ4v) is 3.11. The number of fused-ring (bicyclic) bond motifs is 1. The van der Waals surface area contributed by atoms with E-state index in [2.05, 4.69) is 4.98 Å². The molecule has 0 aliphatic rings. The normalized spacial score (nSPS) is 11.2. The third-order valence-corrected chi connectivity index (χ3v) is 4.42. The SMILES string of the molecule is CN(C)c1ccc(C=Cc2nc3c([N+](=O)[O-])cccc3s2)cc1. The number of aromatic nitrogens is 1. The van der Waals surface area contributed by atoms with E-state index in [-0.39, 0.29) is 5.69 Å². The lowest BCUT2D eigenvalue weighted by Crippen LogP contribution is -2.07. The minimum absolute atomic E-state index is 0.0498. The number of hydrogen-bond donors (Lipinski definition) is 0. The van der Waals surface area contributed by atoms with Gasteiger partial charge in [-0.3, -0.25) is 10.1 Å². The van der Waals surface area contributed by atoms with Crippen LogP contribution in [0.2, 0.25) is 0 Å². The van der Waals surface area contributed by atoms with Crippen LogP contribution < -0.4 is 4.90 Å². The molecule has 5 nitrogen and oxygen atoms in total. The summed E-state index contributed by atoms with van der Waals surface area (Å²) in [6.07, 6.45) is 3.85. The summed E-state index contributed by atoms with van der Waals surface area (Å²) in [7, 11) is 4.00. The first-order chi connectivity index (χ1) is 11.0. The van der Waals surface area contributed by atoms with Crippen LogP contribution in [0.5, 0.6) is 0 Å². The first kappa shape index (κ1) is 15.2. The maximum atomic E-state index is 11.0. The Hall–Kier alpha value is -2.73. The summed E-state index contributed by atoms with van der Waals surface area (Å²) in [6, 6.07) is 13.2. The molecule has 0 bridgehead atoms. The van der Waals surface area contributed by atoms with Crippen molar-refractivity contribution in [2.24, 2.45) is 0 Å². The maximum Gasteiger partial charge on any atom is 0.296 e. The summed E-state index contributed by atoms with van der Waals surface area (Å²) in [4.78, 5) is 17.1. The molecule has 3 rings (SSSR count). The second kappa shape index (κ2) is 6.18. The first-order valence-electron chi connectivity index (χ1n) is 7.04. The van der Waals surface area contributed by atoms with Crippen LogP contribution in [0, 0.1) is 10.1 Å². The third kappa shape index (κ3) is 3.22. The van der Waals surface area contributed by atoms with Crippen molar-refractivity contribution in [1.82, 2.24) is 4.98 Å². The van der Waals surface area contributed by atoms with Gasteiger partial charge in [0.2, 0.25) is 0 Å². The van der Waals surface area contributed by atoms with E-state index in [4.69, 9.17) is 0 Å². The molecule has 23 heavy (non-hydrogen) atoms. The van der Waals surface area contributed by atoms with Gasteiger partial charge in [0.05, 0.1) is 9.62 Å². The van der Waals surface area contributed by atoms with Gasteiger partial charge in [0.25, 0.3) is 5.69 Å². The fourth-order valence-electron chi connectivity index (χ4n) is 2.22. The zero-order valence-electron chi connectivity index (χ0n) is 12.8. The summed E-state index contributed by atoms with van der Waals surface area (Å²) in [5, 5.41) is 11.8. The Morgan fingerprint density at radius 3 is 2.52 bits per heavy atom. The molecule has 0 fully saturated rings. The number of nitrogens with zero attached hydrogens (tertiary/aromatic N) is 3. The van der Waals surface area contributed by atoms with Gasteiger partial charge in [0.1, 0.15) is 5.01 Å². The fraction of sp³-hybridized carbons (Fsp3) is 0.118. The molecule has 6 heteroatoms. The molecule has 0 atom stereocenters. The molecule has 2 aromatic carbocycles. The third-order valence-electron chi connectivity index (χ3n) is 3.44. The van der Waals surface area contributed by atoms with Gasteiger partial charge in [-0.25, -0.2) is 4.98 Å². The number of thiazole rings is 1. The Morgan fingerprint density at radius 2 is 1.87 bits per heavy atom. The Labute approximate surface area is 137 Å². The molecular weight excluding hydrogens is 310 g/mol. The van der Waals surface area contributed by atoms with Gasteiger partial charge in [-0.15, -0.1) is 11.3 Å². The monoisotopic (exact) mass is 325 g/mol. The second-order valence-corrected chi connectivity index (χ2v) is 6.31. The molecule has 0 aliphatic heterocycles. The number of benzene rings is 2. The number of rotatable bonds is 4. The van der Waals surface area contributed by atoms with Crippen molar-refractivity contribution in [3.05, 3.63) is 63.1 Å². The lowest BCUT2D eigenvalue weighted by Gasteiger charge is -2.11. The van der Waals surface area contributed by atoms with Crippen LogP contribution in [0.15, 0.2) is 42.5 Å². The average Bonchev–Trinajstić information content (AvgIpc) is 2.95. The molecule has 0 radical (unpaired) electrons. The maximum absolute atomic E-state index is 11.0. The molecule has 1 heterocycles. The van der Waals surface area contributed by atoms with Gasteiger partial charge in [-0.05, 0) is 29.8 Å². The smallest absolute Gasteiger partial charge is 0.296 e. The van der Waals surface area contributed by atoms with Gasteiger partial charge in [-0.1, -0.05) is 24.3 Å².